The fraction of sp³-hybridized carbons (Fsp3) is 0.679. The Morgan fingerprint density at radius 2 is 1.27 bits per heavy atom. The Labute approximate surface area is 441 Å². The molecule has 416 valence electrons. The molecule has 18 heteroatoms. The van der Waals surface area contributed by atoms with Crippen LogP contribution in [0.4, 0.5) is 9.59 Å². The molecule has 0 saturated carbocycles. The Balaban J connectivity index is 2.11. The summed E-state index contributed by atoms with van der Waals surface area (Å²) >= 11 is 0. The van der Waals surface area contributed by atoms with Gasteiger partial charge in [-0.05, 0) is 96.2 Å². The van der Waals surface area contributed by atoms with Crippen LogP contribution in [0, 0.1) is 11.8 Å². The van der Waals surface area contributed by atoms with Crippen LogP contribution in [0.25, 0.3) is 11.1 Å². The second-order valence-electron chi connectivity index (χ2n) is 21.5. The molecule has 1 heterocycles. The number of unbranched alkanes of at least 4 members (excludes halogenated alkanes) is 10. The first kappa shape index (κ1) is 62.9. The highest BCUT2D eigenvalue weighted by molar-refractivity contribution is 7.91. The third kappa shape index (κ3) is 22.6. The number of ketones is 1. The van der Waals surface area contributed by atoms with Crippen molar-refractivity contribution < 1.29 is 60.9 Å². The monoisotopic (exact) mass is 1060 g/mol. The molecule has 0 unspecified atom stereocenters. The van der Waals surface area contributed by atoms with Crippen molar-refractivity contribution in [1.29, 1.82) is 0 Å². The van der Waals surface area contributed by atoms with Crippen molar-refractivity contribution in [3.05, 3.63) is 47.5 Å². The minimum atomic E-state index is -3.82. The van der Waals surface area contributed by atoms with E-state index in [1.54, 1.807) is 84.9 Å². The molecule has 17 nitrogen and oxygen atoms in total. The van der Waals surface area contributed by atoms with Crippen LogP contribution in [0.2, 0.25) is 0 Å². The SMILES string of the molecule is CCCCCCCCCCCCCS(=O)(=O)C[C@@H](CCNC(=O)OC(C)(C)C)C(=O)N(C)[C@@H]1C(=O)C[C@@H](C)C(=O)N[C@H](C(=O)OC)Cc2ccc(OCCNC(=O)OC(C)(C)C)c(c2)-c2cc1ccc2OCCC. The molecular weight excluding hydrogens is 969 g/mol. The van der Waals surface area contributed by atoms with Crippen LogP contribution >= 0.6 is 0 Å². The van der Waals surface area contributed by atoms with Gasteiger partial charge in [0.2, 0.25) is 11.8 Å². The zero-order valence-corrected chi connectivity index (χ0v) is 47.1. The first-order valence-electron chi connectivity index (χ1n) is 26.7. The second-order valence-corrected chi connectivity index (χ2v) is 23.7. The Bertz CT molecular complexity index is 2260. The number of hydrogen-bond donors (Lipinski definition) is 3. The molecule has 2 aromatic rings. The zero-order valence-electron chi connectivity index (χ0n) is 46.3. The van der Waals surface area contributed by atoms with Crippen molar-refractivity contribution in [1.82, 2.24) is 20.9 Å². The van der Waals surface area contributed by atoms with E-state index >= 15 is 4.79 Å². The summed E-state index contributed by atoms with van der Waals surface area (Å²) in [7, 11) is -1.17. The molecule has 1 aliphatic rings. The molecule has 4 atom stereocenters. The van der Waals surface area contributed by atoms with Gasteiger partial charge in [-0.15, -0.1) is 0 Å². The average molecular weight is 1060 g/mol. The summed E-state index contributed by atoms with van der Waals surface area (Å²) in [5.41, 5.74) is 0.398. The maximum Gasteiger partial charge on any atom is 0.407 e. The van der Waals surface area contributed by atoms with Crippen LogP contribution < -0.4 is 25.4 Å². The zero-order chi connectivity index (χ0) is 55.1. The number of benzene rings is 2. The van der Waals surface area contributed by atoms with Crippen molar-refractivity contribution in [3.8, 4) is 22.6 Å². The number of esters is 1. The predicted molar refractivity (Wildman–Crippen MR) is 287 cm³/mol. The number of amides is 4. The van der Waals surface area contributed by atoms with Gasteiger partial charge in [-0.25, -0.2) is 22.8 Å². The molecule has 0 spiro atoms. The molecule has 0 saturated heterocycles. The van der Waals surface area contributed by atoms with E-state index in [4.69, 9.17) is 23.7 Å². The summed E-state index contributed by atoms with van der Waals surface area (Å²) in [5, 5.41) is 8.11. The number of nitrogens with one attached hydrogen (secondary N) is 3. The van der Waals surface area contributed by atoms with Crippen LogP contribution in [0.5, 0.6) is 11.5 Å². The highest BCUT2D eigenvalue weighted by atomic mass is 32.2. The average Bonchev–Trinajstić information content (AvgIpc) is 3.31. The summed E-state index contributed by atoms with van der Waals surface area (Å²) in [6.45, 7) is 16.4. The van der Waals surface area contributed by atoms with Gasteiger partial charge < -0.3 is 44.5 Å². The van der Waals surface area contributed by atoms with Gasteiger partial charge >= 0.3 is 18.2 Å². The highest BCUT2D eigenvalue weighted by Crippen LogP contribution is 2.41. The van der Waals surface area contributed by atoms with Crippen molar-refractivity contribution in [2.75, 3.05) is 52.0 Å². The number of nitrogens with zero attached hydrogens (tertiary/aromatic N) is 1. The Morgan fingerprint density at radius 3 is 1.84 bits per heavy atom. The Kier molecular flexibility index (Phi) is 26.2. The molecule has 0 aliphatic carbocycles. The topological polar surface area (TPSA) is 222 Å². The number of likely N-dealkylation sites (N-methyl/N-ethyl adjacent to an activating group) is 1. The lowest BCUT2D eigenvalue weighted by atomic mass is 9.89. The van der Waals surface area contributed by atoms with Gasteiger partial charge in [0.15, 0.2) is 15.6 Å². The van der Waals surface area contributed by atoms with E-state index in [2.05, 4.69) is 22.9 Å². The van der Waals surface area contributed by atoms with Gasteiger partial charge in [-0.2, -0.15) is 0 Å². The quantitative estimate of drug-likeness (QED) is 0.0431. The molecule has 1 aliphatic heterocycles. The number of carbonyl (C=O) groups excluding carboxylic acids is 6. The van der Waals surface area contributed by atoms with Crippen LogP contribution in [-0.2, 0) is 49.6 Å². The molecule has 74 heavy (non-hydrogen) atoms. The van der Waals surface area contributed by atoms with Crippen LogP contribution in [0.3, 0.4) is 0 Å². The largest absolute Gasteiger partial charge is 0.493 e. The third-order valence-electron chi connectivity index (χ3n) is 12.4. The molecule has 0 aromatic heterocycles. The number of alkyl carbamates (subject to hydrolysis) is 2. The molecule has 4 bridgehead atoms. The summed E-state index contributed by atoms with van der Waals surface area (Å²) < 4.78 is 56.3. The molecule has 3 N–H and O–H groups in total. The van der Waals surface area contributed by atoms with Crippen LogP contribution in [0.15, 0.2) is 36.4 Å². The molecule has 0 fully saturated rings. The maximum atomic E-state index is 15.0. The maximum absolute atomic E-state index is 15.0. The number of methoxy groups -OCH3 is 1. The standard InChI is InChI=1S/C56H88N4O13S/c1-12-14-15-16-17-18-19-20-21-22-23-33-74(67,68)38-42(28-29-57-53(65)72-55(4,5)6)51(63)60(10)49-41-25-27-48(70-31-13-2)44(37-41)43-35-40(24-26-47(43)71-32-30-58-54(66)73-56(7,8)9)36-45(52(64)69-11)59-50(62)39(3)34-46(49)61/h24-27,35,37,39,42,45,49H,12-23,28-34,36,38H2,1-11H3,(H,57,65)(H,58,66)(H,59,62)/t39-,42-,45+,49+/m1/s1. The Morgan fingerprint density at radius 1 is 0.730 bits per heavy atom. The number of hydrogen-bond acceptors (Lipinski definition) is 13. The van der Waals surface area contributed by atoms with Crippen molar-refractivity contribution in [3.63, 3.8) is 0 Å². The van der Waals surface area contributed by atoms with E-state index in [1.165, 1.54) is 57.6 Å². The molecule has 0 radical (unpaired) electrons. The molecular formula is C56H88N4O13S. The minimum absolute atomic E-state index is 0.0137. The minimum Gasteiger partial charge on any atom is -0.493 e. The highest BCUT2D eigenvalue weighted by Gasteiger charge is 2.37. The molecule has 3 rings (SSSR count). The number of Topliss-reactive ketones (excluding diaryl/α,β-unsaturated/α-hetero) is 1. The lowest BCUT2D eigenvalue weighted by molar-refractivity contribution is -0.146. The van der Waals surface area contributed by atoms with Gasteiger partial charge in [-0.3, -0.25) is 14.4 Å². The number of ether oxygens (including phenoxy) is 5. The van der Waals surface area contributed by atoms with Crippen molar-refractivity contribution in [2.24, 2.45) is 11.8 Å². The van der Waals surface area contributed by atoms with Crippen molar-refractivity contribution in [2.45, 2.75) is 182 Å². The smallest absolute Gasteiger partial charge is 0.407 e. The van der Waals surface area contributed by atoms with Crippen molar-refractivity contribution >= 4 is 45.6 Å². The van der Waals surface area contributed by atoms with E-state index in [-0.39, 0.29) is 44.7 Å². The lowest BCUT2D eigenvalue weighted by Crippen LogP contribution is -2.46. The summed E-state index contributed by atoms with van der Waals surface area (Å²) in [6, 6.07) is 7.82. The normalized spacial score (nSPS) is 16.7. The van der Waals surface area contributed by atoms with E-state index in [0.29, 0.717) is 53.2 Å². The fourth-order valence-corrected chi connectivity index (χ4v) is 10.4. The number of fused-ring (bicyclic) bond motifs is 5. The predicted octanol–water partition coefficient (Wildman–Crippen LogP) is 9.61. The third-order valence-corrected chi connectivity index (χ3v) is 14.2. The second kappa shape index (κ2) is 30.8. The molecule has 4 amide bonds. The summed E-state index contributed by atoms with van der Waals surface area (Å²) in [6.07, 6.45) is 10.4. The first-order valence-corrected chi connectivity index (χ1v) is 28.5. The van der Waals surface area contributed by atoms with Gasteiger partial charge in [0, 0.05) is 43.5 Å². The van der Waals surface area contributed by atoms with E-state index in [9.17, 15) is 32.4 Å². The van der Waals surface area contributed by atoms with Gasteiger partial charge in [0.05, 0.1) is 37.7 Å². The number of sulfone groups is 1. The summed E-state index contributed by atoms with van der Waals surface area (Å²) in [5.74, 6) is -4.53. The Hall–Kier alpha value is -5.39. The number of rotatable bonds is 27. The molecule has 2 aromatic carbocycles. The number of carbonyl (C=O) groups is 6. The van der Waals surface area contributed by atoms with E-state index in [1.807, 2.05) is 6.92 Å². The van der Waals surface area contributed by atoms with E-state index in [0.717, 1.165) is 25.7 Å². The van der Waals surface area contributed by atoms with Crippen LogP contribution in [-0.4, -0.2) is 118 Å². The van der Waals surface area contributed by atoms with Crippen LogP contribution in [0.1, 0.15) is 169 Å². The van der Waals surface area contributed by atoms with Gasteiger partial charge in [-0.1, -0.05) is 97.1 Å². The van der Waals surface area contributed by atoms with Gasteiger partial charge in [0.1, 0.15) is 41.4 Å². The lowest BCUT2D eigenvalue weighted by Gasteiger charge is -2.32. The fourth-order valence-electron chi connectivity index (χ4n) is 8.68. The summed E-state index contributed by atoms with van der Waals surface area (Å²) in [4.78, 5) is 83.4. The van der Waals surface area contributed by atoms with E-state index < -0.39 is 86.5 Å². The van der Waals surface area contributed by atoms with Gasteiger partial charge in [0.25, 0.3) is 0 Å². The first-order chi connectivity index (χ1) is 34.9.